The summed E-state index contributed by atoms with van der Waals surface area (Å²) in [6.45, 7) is 9.24. The number of rotatable bonds is 8. The molecule has 0 atom stereocenters. The van der Waals surface area contributed by atoms with Crippen molar-refractivity contribution in [3.8, 4) is 0 Å². The van der Waals surface area contributed by atoms with E-state index in [1.807, 2.05) is 31.5 Å². The predicted octanol–water partition coefficient (Wildman–Crippen LogP) is 2.05. The fourth-order valence-electron chi connectivity index (χ4n) is 2.93. The molecule has 1 aromatic heterocycles. The average molecular weight is 380 g/mol. The molecule has 1 saturated heterocycles. The molecule has 1 aromatic rings. The zero-order valence-electron chi connectivity index (χ0n) is 16.6. The van der Waals surface area contributed by atoms with Crippen LogP contribution in [0.2, 0.25) is 0 Å². The largest absolute Gasteiger partial charge is 0.444 e. The summed E-state index contributed by atoms with van der Waals surface area (Å²) in [5.74, 6) is 0.356. The van der Waals surface area contributed by atoms with Crippen molar-refractivity contribution in [2.24, 2.45) is 5.92 Å². The summed E-state index contributed by atoms with van der Waals surface area (Å²) in [5.41, 5.74) is -0.478. The summed E-state index contributed by atoms with van der Waals surface area (Å²) >= 11 is 0. The molecule has 0 radical (unpaired) electrons. The lowest BCUT2D eigenvalue weighted by atomic mass is 9.93. The minimum Gasteiger partial charge on any atom is -0.444 e. The van der Waals surface area contributed by atoms with Gasteiger partial charge in [-0.3, -0.25) is 4.79 Å². The van der Waals surface area contributed by atoms with Gasteiger partial charge in [-0.2, -0.15) is 0 Å². The van der Waals surface area contributed by atoms with Crippen LogP contribution in [0.15, 0.2) is 18.7 Å². The Morgan fingerprint density at radius 1 is 1.22 bits per heavy atom. The minimum absolute atomic E-state index is 0.0453. The molecule has 1 aliphatic heterocycles. The van der Waals surface area contributed by atoms with Crippen molar-refractivity contribution in [1.82, 2.24) is 19.8 Å². The molecule has 1 fully saturated rings. The highest BCUT2D eigenvalue weighted by Gasteiger charge is 2.27. The third-order valence-corrected chi connectivity index (χ3v) is 4.36. The van der Waals surface area contributed by atoms with Crippen molar-refractivity contribution < 1.29 is 19.1 Å². The first-order valence-electron chi connectivity index (χ1n) is 9.61. The van der Waals surface area contributed by atoms with Crippen LogP contribution in [0, 0.1) is 5.92 Å². The molecule has 27 heavy (non-hydrogen) atoms. The maximum atomic E-state index is 12.1. The van der Waals surface area contributed by atoms with E-state index in [1.54, 1.807) is 17.4 Å². The first-order chi connectivity index (χ1) is 12.8. The highest BCUT2D eigenvalue weighted by molar-refractivity contribution is 5.76. The third kappa shape index (κ3) is 8.43. The second-order valence-corrected chi connectivity index (χ2v) is 7.88. The Hall–Kier alpha value is -2.09. The molecule has 2 amide bonds. The summed E-state index contributed by atoms with van der Waals surface area (Å²) < 4.78 is 12.8. The van der Waals surface area contributed by atoms with Crippen LogP contribution in [-0.2, 0) is 20.8 Å². The van der Waals surface area contributed by atoms with E-state index >= 15 is 0 Å². The summed E-state index contributed by atoms with van der Waals surface area (Å²) in [7, 11) is 0. The number of nitrogens with zero attached hydrogens (tertiary/aromatic N) is 3. The lowest BCUT2D eigenvalue weighted by Crippen LogP contribution is -2.42. The van der Waals surface area contributed by atoms with Gasteiger partial charge in [0.2, 0.25) is 5.91 Å². The number of ether oxygens (including phenoxy) is 2. The smallest absolute Gasteiger partial charge is 0.410 e. The predicted molar refractivity (Wildman–Crippen MR) is 101 cm³/mol. The van der Waals surface area contributed by atoms with Gasteiger partial charge in [0.1, 0.15) is 5.60 Å². The molecule has 1 aliphatic rings. The van der Waals surface area contributed by atoms with Crippen LogP contribution in [-0.4, -0.2) is 64.9 Å². The maximum Gasteiger partial charge on any atom is 0.410 e. The Morgan fingerprint density at radius 2 is 1.96 bits per heavy atom. The molecule has 152 valence electrons. The molecule has 1 N–H and O–H groups in total. The summed E-state index contributed by atoms with van der Waals surface area (Å²) in [6, 6.07) is 0. The van der Waals surface area contributed by atoms with Crippen molar-refractivity contribution in [3.05, 3.63) is 18.7 Å². The molecule has 8 nitrogen and oxygen atoms in total. The zero-order valence-corrected chi connectivity index (χ0v) is 16.6. The van der Waals surface area contributed by atoms with Crippen LogP contribution >= 0.6 is 0 Å². The molecule has 2 rings (SSSR count). The Kier molecular flexibility index (Phi) is 8.09. The van der Waals surface area contributed by atoms with E-state index in [2.05, 4.69) is 10.3 Å². The molecule has 0 aliphatic carbocycles. The second-order valence-electron chi connectivity index (χ2n) is 7.88. The Balaban J connectivity index is 1.52. The monoisotopic (exact) mass is 380 g/mol. The topological polar surface area (TPSA) is 85.7 Å². The number of nitrogens with one attached hydrogen (secondary N) is 1. The number of carbonyl (C=O) groups excluding carboxylic acids is 2. The van der Waals surface area contributed by atoms with Gasteiger partial charge in [-0.15, -0.1) is 0 Å². The van der Waals surface area contributed by atoms with Crippen LogP contribution < -0.4 is 5.32 Å². The maximum absolute atomic E-state index is 12.1. The van der Waals surface area contributed by atoms with E-state index in [1.165, 1.54) is 0 Å². The number of imidazole rings is 1. The van der Waals surface area contributed by atoms with Crippen LogP contribution in [0.3, 0.4) is 0 Å². The molecule has 8 heteroatoms. The van der Waals surface area contributed by atoms with E-state index in [0.717, 1.165) is 19.4 Å². The molecular formula is C19H32N4O4. The second kappa shape index (κ2) is 10.3. The highest BCUT2D eigenvalue weighted by Crippen LogP contribution is 2.22. The standard InChI is InChI=1S/C19H32N4O4/c1-19(2,3)27-18(25)23-8-4-16(5-9-23)14-17(24)21-7-12-26-13-11-22-10-6-20-15-22/h6,10,15-16H,4-5,7-9,11-14H2,1-3H3,(H,21,24). The summed E-state index contributed by atoms with van der Waals surface area (Å²) in [4.78, 5) is 29.8. The van der Waals surface area contributed by atoms with Crippen LogP contribution in [0.25, 0.3) is 0 Å². The number of hydrogen-bond acceptors (Lipinski definition) is 5. The number of likely N-dealkylation sites (tertiary alicyclic amines) is 1. The number of piperidine rings is 1. The van der Waals surface area contributed by atoms with E-state index in [0.29, 0.717) is 45.2 Å². The molecule has 0 saturated carbocycles. The first-order valence-corrected chi connectivity index (χ1v) is 9.61. The van der Waals surface area contributed by atoms with Gasteiger partial charge in [0, 0.05) is 45.0 Å². The SMILES string of the molecule is CC(C)(C)OC(=O)N1CCC(CC(=O)NCCOCCn2ccnc2)CC1. The quantitative estimate of drug-likeness (QED) is 0.698. The van der Waals surface area contributed by atoms with Crippen LogP contribution in [0.5, 0.6) is 0 Å². The lowest BCUT2D eigenvalue weighted by Gasteiger charge is -2.33. The Bertz CT molecular complexity index is 575. The average Bonchev–Trinajstić information content (AvgIpc) is 3.10. The van der Waals surface area contributed by atoms with E-state index in [9.17, 15) is 9.59 Å². The van der Waals surface area contributed by atoms with Crippen molar-refractivity contribution in [1.29, 1.82) is 0 Å². The van der Waals surface area contributed by atoms with Gasteiger partial charge in [0.15, 0.2) is 0 Å². The number of aromatic nitrogens is 2. The zero-order chi connectivity index (χ0) is 19.7. The van der Waals surface area contributed by atoms with Crippen molar-refractivity contribution in [2.45, 2.75) is 52.2 Å². The molecule has 0 bridgehead atoms. The fourth-order valence-corrected chi connectivity index (χ4v) is 2.93. The molecule has 0 unspecified atom stereocenters. The van der Waals surface area contributed by atoms with Gasteiger partial charge in [-0.1, -0.05) is 0 Å². The highest BCUT2D eigenvalue weighted by atomic mass is 16.6. The van der Waals surface area contributed by atoms with Gasteiger partial charge in [-0.25, -0.2) is 9.78 Å². The molecule has 2 heterocycles. The number of amides is 2. The molecule has 0 spiro atoms. The van der Waals surface area contributed by atoms with Gasteiger partial charge < -0.3 is 24.3 Å². The summed E-state index contributed by atoms with van der Waals surface area (Å²) in [6.07, 6.45) is 7.26. The van der Waals surface area contributed by atoms with Crippen LogP contribution in [0.1, 0.15) is 40.0 Å². The van der Waals surface area contributed by atoms with Crippen molar-refractivity contribution in [3.63, 3.8) is 0 Å². The normalized spacial score (nSPS) is 15.6. The van der Waals surface area contributed by atoms with Gasteiger partial charge in [0.25, 0.3) is 0 Å². The van der Waals surface area contributed by atoms with E-state index < -0.39 is 5.60 Å². The van der Waals surface area contributed by atoms with Gasteiger partial charge >= 0.3 is 6.09 Å². The Labute approximate surface area is 161 Å². The Morgan fingerprint density at radius 3 is 2.59 bits per heavy atom. The minimum atomic E-state index is -0.478. The van der Waals surface area contributed by atoms with Crippen LogP contribution in [0.4, 0.5) is 4.79 Å². The molecular weight excluding hydrogens is 348 g/mol. The molecule has 0 aromatic carbocycles. The summed E-state index contributed by atoms with van der Waals surface area (Å²) in [5, 5.41) is 2.90. The fraction of sp³-hybridized carbons (Fsp3) is 0.737. The van der Waals surface area contributed by atoms with Crippen molar-refractivity contribution >= 4 is 12.0 Å². The lowest BCUT2D eigenvalue weighted by molar-refractivity contribution is -0.122. The van der Waals surface area contributed by atoms with Crippen molar-refractivity contribution in [2.75, 3.05) is 32.8 Å². The van der Waals surface area contributed by atoms with E-state index in [-0.39, 0.29) is 12.0 Å². The van der Waals surface area contributed by atoms with Gasteiger partial charge in [0.05, 0.1) is 19.5 Å². The first kappa shape index (κ1) is 21.2. The van der Waals surface area contributed by atoms with E-state index in [4.69, 9.17) is 9.47 Å². The van der Waals surface area contributed by atoms with Gasteiger partial charge in [-0.05, 0) is 39.5 Å². The third-order valence-electron chi connectivity index (χ3n) is 4.36. The number of carbonyl (C=O) groups is 2. The number of hydrogen-bond donors (Lipinski definition) is 1.